The van der Waals surface area contributed by atoms with Crippen molar-refractivity contribution in [2.75, 3.05) is 13.2 Å². The van der Waals surface area contributed by atoms with Gasteiger partial charge < -0.3 is 14.6 Å². The van der Waals surface area contributed by atoms with E-state index in [-0.39, 0.29) is 24.9 Å². The molecule has 0 fully saturated rings. The predicted octanol–water partition coefficient (Wildman–Crippen LogP) is 0.898. The fraction of sp³-hybridized carbons (Fsp3) is 0.625. The fourth-order valence-corrected chi connectivity index (χ4v) is 0.916. The van der Waals surface area contributed by atoms with Gasteiger partial charge in [-0.25, -0.2) is 4.79 Å². The van der Waals surface area contributed by atoms with Gasteiger partial charge in [-0.2, -0.15) is 18.2 Å². The van der Waals surface area contributed by atoms with E-state index in [4.69, 9.17) is 0 Å². The van der Waals surface area contributed by atoms with Crippen LogP contribution in [0, 0.1) is 0 Å². The van der Waals surface area contributed by atoms with Crippen LogP contribution >= 0.6 is 0 Å². The SMILES string of the molecule is CCOC(=O)c1noc(CNCC(F)(F)F)n1. The molecule has 0 aliphatic carbocycles. The Morgan fingerprint density at radius 1 is 1.53 bits per heavy atom. The number of esters is 1. The van der Waals surface area contributed by atoms with E-state index >= 15 is 0 Å². The van der Waals surface area contributed by atoms with Gasteiger partial charge in [-0.15, -0.1) is 0 Å². The number of hydrogen-bond donors (Lipinski definition) is 1. The highest BCUT2D eigenvalue weighted by Crippen LogP contribution is 2.12. The lowest BCUT2D eigenvalue weighted by molar-refractivity contribution is -0.125. The first kappa shape index (κ1) is 13.4. The molecule has 0 radical (unpaired) electrons. The van der Waals surface area contributed by atoms with Crippen LogP contribution in [0.2, 0.25) is 0 Å². The molecule has 1 aromatic rings. The molecule has 0 unspecified atom stereocenters. The maximum Gasteiger partial charge on any atom is 0.401 e. The molecule has 1 heterocycles. The Balaban J connectivity index is 2.43. The normalized spacial score (nSPS) is 11.5. The number of halogens is 3. The zero-order valence-corrected chi connectivity index (χ0v) is 8.87. The highest BCUT2D eigenvalue weighted by atomic mass is 19.4. The van der Waals surface area contributed by atoms with Gasteiger partial charge in [-0.05, 0) is 12.1 Å². The second kappa shape index (κ2) is 5.62. The van der Waals surface area contributed by atoms with E-state index in [0.717, 1.165) is 0 Å². The van der Waals surface area contributed by atoms with Gasteiger partial charge in [0, 0.05) is 0 Å². The van der Waals surface area contributed by atoms with E-state index in [2.05, 4.69) is 24.7 Å². The molecule has 9 heteroatoms. The topological polar surface area (TPSA) is 77.2 Å². The van der Waals surface area contributed by atoms with Crippen molar-refractivity contribution in [1.29, 1.82) is 0 Å². The number of ether oxygens (including phenoxy) is 1. The molecule has 0 aliphatic rings. The van der Waals surface area contributed by atoms with Gasteiger partial charge in [0.25, 0.3) is 5.82 Å². The van der Waals surface area contributed by atoms with E-state index < -0.39 is 18.7 Å². The predicted molar refractivity (Wildman–Crippen MR) is 48.0 cm³/mol. The largest absolute Gasteiger partial charge is 0.460 e. The average Bonchev–Trinajstić information content (AvgIpc) is 2.65. The van der Waals surface area contributed by atoms with Gasteiger partial charge in [-0.1, -0.05) is 0 Å². The Morgan fingerprint density at radius 2 is 2.24 bits per heavy atom. The van der Waals surface area contributed by atoms with E-state index in [0.29, 0.717) is 0 Å². The molecule has 0 spiro atoms. The summed E-state index contributed by atoms with van der Waals surface area (Å²) in [6.45, 7) is 0.300. The molecular formula is C8H10F3N3O3. The summed E-state index contributed by atoms with van der Waals surface area (Å²) in [6, 6.07) is 0. The van der Waals surface area contributed by atoms with Gasteiger partial charge in [0.1, 0.15) is 0 Å². The first-order chi connectivity index (χ1) is 7.92. The highest BCUT2D eigenvalue weighted by Gasteiger charge is 2.26. The molecule has 0 aliphatic heterocycles. The quantitative estimate of drug-likeness (QED) is 0.785. The second-order valence-corrected chi connectivity index (χ2v) is 2.95. The Kier molecular flexibility index (Phi) is 4.44. The van der Waals surface area contributed by atoms with Crippen LogP contribution in [0.3, 0.4) is 0 Å². The number of rotatable bonds is 5. The van der Waals surface area contributed by atoms with Gasteiger partial charge in [0.05, 0.1) is 19.7 Å². The maximum atomic E-state index is 11.8. The van der Waals surface area contributed by atoms with Crippen molar-refractivity contribution in [3.63, 3.8) is 0 Å². The fourth-order valence-electron chi connectivity index (χ4n) is 0.916. The Bertz CT molecular complexity index is 378. The van der Waals surface area contributed by atoms with Crippen LogP contribution in [0.15, 0.2) is 4.52 Å². The molecule has 0 aromatic carbocycles. The molecule has 0 atom stereocenters. The Morgan fingerprint density at radius 3 is 2.82 bits per heavy atom. The van der Waals surface area contributed by atoms with Crippen molar-refractivity contribution in [3.8, 4) is 0 Å². The number of carbonyl (C=O) groups is 1. The Hall–Kier alpha value is -1.64. The molecule has 96 valence electrons. The summed E-state index contributed by atoms with van der Waals surface area (Å²) in [5.74, 6) is -1.20. The van der Waals surface area contributed by atoms with E-state index in [1.807, 2.05) is 0 Å². The lowest BCUT2D eigenvalue weighted by atomic mass is 10.5. The summed E-state index contributed by atoms with van der Waals surface area (Å²) in [5.41, 5.74) is 0. The van der Waals surface area contributed by atoms with Crippen LogP contribution < -0.4 is 5.32 Å². The van der Waals surface area contributed by atoms with Crippen molar-refractivity contribution in [2.45, 2.75) is 19.6 Å². The van der Waals surface area contributed by atoms with Gasteiger partial charge in [-0.3, -0.25) is 0 Å². The van der Waals surface area contributed by atoms with Crippen LogP contribution in [0.4, 0.5) is 13.2 Å². The minimum atomic E-state index is -4.32. The summed E-state index contributed by atoms with van der Waals surface area (Å²) in [4.78, 5) is 14.6. The van der Waals surface area contributed by atoms with E-state index in [1.165, 1.54) is 0 Å². The standard InChI is InChI=1S/C8H10F3N3O3/c1-2-16-7(15)6-13-5(17-14-6)3-12-4-8(9,10)11/h12H,2-4H2,1H3. The van der Waals surface area contributed by atoms with Crippen molar-refractivity contribution >= 4 is 5.97 Å². The summed E-state index contributed by atoms with van der Waals surface area (Å²) >= 11 is 0. The number of aromatic nitrogens is 2. The molecule has 1 rings (SSSR count). The summed E-state index contributed by atoms with van der Waals surface area (Å²) in [7, 11) is 0. The third kappa shape index (κ3) is 4.81. The Labute approximate surface area is 94.1 Å². The molecule has 0 amide bonds. The van der Waals surface area contributed by atoms with Gasteiger partial charge in [0.2, 0.25) is 5.89 Å². The molecule has 1 aromatic heterocycles. The monoisotopic (exact) mass is 253 g/mol. The number of nitrogens with zero attached hydrogens (tertiary/aromatic N) is 2. The minimum absolute atomic E-state index is 0.114. The zero-order valence-electron chi connectivity index (χ0n) is 8.87. The number of carbonyl (C=O) groups excluding carboxylic acids is 1. The molecule has 0 bridgehead atoms. The van der Waals surface area contributed by atoms with Crippen molar-refractivity contribution in [2.24, 2.45) is 0 Å². The van der Waals surface area contributed by atoms with Gasteiger partial charge >= 0.3 is 12.1 Å². The number of alkyl halides is 3. The van der Waals surface area contributed by atoms with Crippen LogP contribution in [0.25, 0.3) is 0 Å². The average molecular weight is 253 g/mol. The van der Waals surface area contributed by atoms with Crippen LogP contribution in [0.1, 0.15) is 23.4 Å². The molecule has 17 heavy (non-hydrogen) atoms. The minimum Gasteiger partial charge on any atom is -0.460 e. The molecule has 0 saturated carbocycles. The third-order valence-corrected chi connectivity index (χ3v) is 1.53. The third-order valence-electron chi connectivity index (χ3n) is 1.53. The maximum absolute atomic E-state index is 11.8. The van der Waals surface area contributed by atoms with Crippen LogP contribution in [-0.4, -0.2) is 35.4 Å². The first-order valence-corrected chi connectivity index (χ1v) is 4.69. The van der Waals surface area contributed by atoms with Crippen LogP contribution in [-0.2, 0) is 11.3 Å². The second-order valence-electron chi connectivity index (χ2n) is 2.95. The number of hydrogen-bond acceptors (Lipinski definition) is 6. The summed E-state index contributed by atoms with van der Waals surface area (Å²) in [5, 5.41) is 5.32. The zero-order chi connectivity index (χ0) is 12.9. The van der Waals surface area contributed by atoms with E-state index in [1.54, 1.807) is 6.92 Å². The molecule has 6 nitrogen and oxygen atoms in total. The first-order valence-electron chi connectivity index (χ1n) is 4.69. The van der Waals surface area contributed by atoms with Crippen molar-refractivity contribution in [1.82, 2.24) is 15.5 Å². The number of nitrogens with one attached hydrogen (secondary N) is 1. The molecule has 0 saturated heterocycles. The van der Waals surface area contributed by atoms with Gasteiger partial charge in [0.15, 0.2) is 0 Å². The van der Waals surface area contributed by atoms with Crippen LogP contribution in [0.5, 0.6) is 0 Å². The molecular weight excluding hydrogens is 243 g/mol. The lowest BCUT2D eigenvalue weighted by Gasteiger charge is -2.05. The summed E-state index contributed by atoms with van der Waals surface area (Å²) < 4.78 is 44.5. The van der Waals surface area contributed by atoms with E-state index in [9.17, 15) is 18.0 Å². The molecule has 1 N–H and O–H groups in total. The smallest absolute Gasteiger partial charge is 0.401 e. The summed E-state index contributed by atoms with van der Waals surface area (Å²) in [6.07, 6.45) is -4.32. The van der Waals surface area contributed by atoms with Crippen molar-refractivity contribution < 1.29 is 27.2 Å². The van der Waals surface area contributed by atoms with Crippen molar-refractivity contribution in [3.05, 3.63) is 11.7 Å². The highest BCUT2D eigenvalue weighted by molar-refractivity contribution is 5.84. The lowest BCUT2D eigenvalue weighted by Crippen LogP contribution is -2.28.